The predicted molar refractivity (Wildman–Crippen MR) is 91.0 cm³/mol. The van der Waals surface area contributed by atoms with Crippen LogP contribution in [0.1, 0.15) is 11.3 Å². The minimum Gasteiger partial charge on any atom is -0.392 e. The van der Waals surface area contributed by atoms with E-state index in [0.717, 1.165) is 20.6 Å². The largest absolute Gasteiger partial charge is 0.392 e. The summed E-state index contributed by atoms with van der Waals surface area (Å²) in [6.07, 6.45) is -0.0115. The average Bonchev–Trinajstić information content (AvgIpc) is 3.06. The van der Waals surface area contributed by atoms with Crippen LogP contribution in [0.4, 0.5) is 5.13 Å². The Morgan fingerprint density at radius 2 is 2.18 bits per heavy atom. The van der Waals surface area contributed by atoms with Crippen molar-refractivity contribution in [3.05, 3.63) is 33.6 Å². The first kappa shape index (κ1) is 15.6. The summed E-state index contributed by atoms with van der Waals surface area (Å²) in [6.45, 7) is 2.45. The van der Waals surface area contributed by atoms with E-state index in [1.807, 2.05) is 31.2 Å². The number of amides is 1. The quantitative estimate of drug-likeness (QED) is 0.763. The Labute approximate surface area is 140 Å². The van der Waals surface area contributed by atoms with E-state index in [1.54, 1.807) is 0 Å². The number of aliphatic hydroxyl groups is 1. The van der Waals surface area contributed by atoms with E-state index >= 15 is 0 Å². The number of aryl methyl sites for hydroxylation is 1. The number of aromatic nitrogens is 1. The second-order valence-corrected chi connectivity index (χ2v) is 7.39. The van der Waals surface area contributed by atoms with Crippen molar-refractivity contribution in [2.75, 3.05) is 11.9 Å². The monoisotopic (exact) mass is 381 g/mol. The van der Waals surface area contributed by atoms with E-state index in [0.29, 0.717) is 18.1 Å². The molecule has 5 nitrogen and oxygen atoms in total. The predicted octanol–water partition coefficient (Wildman–Crippen LogP) is 2.54. The van der Waals surface area contributed by atoms with Crippen molar-refractivity contribution in [2.24, 2.45) is 0 Å². The molecule has 1 aliphatic rings. The third kappa shape index (κ3) is 3.38. The lowest BCUT2D eigenvalue weighted by atomic mass is 10.1. The molecule has 1 aromatic carbocycles. The van der Waals surface area contributed by atoms with Gasteiger partial charge in [-0.1, -0.05) is 28.1 Å². The van der Waals surface area contributed by atoms with Gasteiger partial charge in [-0.05, 0) is 25.5 Å². The van der Waals surface area contributed by atoms with Crippen molar-refractivity contribution in [1.29, 1.82) is 0 Å². The number of β-amino-alcohol motifs (C(OH)–C–C–N with tert-alkyl or cyclic N) is 1. The van der Waals surface area contributed by atoms with E-state index in [9.17, 15) is 9.90 Å². The van der Waals surface area contributed by atoms with Gasteiger partial charge in [0.05, 0.1) is 17.8 Å². The molecule has 2 heterocycles. The second kappa shape index (κ2) is 6.45. The van der Waals surface area contributed by atoms with Crippen LogP contribution in [-0.2, 0) is 4.79 Å². The van der Waals surface area contributed by atoms with Crippen LogP contribution in [0.5, 0.6) is 0 Å². The minimum absolute atomic E-state index is 0.146. The Morgan fingerprint density at radius 3 is 2.82 bits per heavy atom. The number of aliphatic hydroxyl groups excluding tert-OH is 1. The Balaban J connectivity index is 1.75. The van der Waals surface area contributed by atoms with Gasteiger partial charge in [-0.2, -0.15) is 0 Å². The molecule has 1 aliphatic heterocycles. The highest BCUT2D eigenvalue weighted by Gasteiger charge is 2.28. The molecular weight excluding hydrogens is 366 g/mol. The number of nitrogens with zero attached hydrogens (tertiary/aromatic N) is 1. The maximum atomic E-state index is 12.1. The maximum absolute atomic E-state index is 12.1. The molecule has 2 aromatic rings. The first-order chi connectivity index (χ1) is 10.5. The van der Waals surface area contributed by atoms with Crippen LogP contribution < -0.4 is 10.6 Å². The number of rotatable bonds is 3. The zero-order chi connectivity index (χ0) is 15.7. The molecule has 0 bridgehead atoms. The summed E-state index contributed by atoms with van der Waals surface area (Å²) in [6, 6.07) is 7.57. The lowest BCUT2D eigenvalue weighted by Crippen LogP contribution is -2.35. The summed E-state index contributed by atoms with van der Waals surface area (Å²) >= 11 is 4.87. The normalized spacial score (nSPS) is 21.0. The topological polar surface area (TPSA) is 74.2 Å². The fraction of sp³-hybridized carbons (Fsp3) is 0.333. The number of nitrogens with one attached hydrogen (secondary N) is 2. The fourth-order valence-electron chi connectivity index (χ4n) is 2.43. The summed E-state index contributed by atoms with van der Waals surface area (Å²) in [5, 5.41) is 15.9. The van der Waals surface area contributed by atoms with Crippen LogP contribution in [0.15, 0.2) is 28.7 Å². The zero-order valence-electron chi connectivity index (χ0n) is 12.0. The summed E-state index contributed by atoms with van der Waals surface area (Å²) in [5.41, 5.74) is 1.90. The van der Waals surface area contributed by atoms with Crippen LogP contribution in [-0.4, -0.2) is 34.7 Å². The lowest BCUT2D eigenvalue weighted by Gasteiger charge is -2.08. The summed E-state index contributed by atoms with van der Waals surface area (Å²) in [4.78, 5) is 17.7. The summed E-state index contributed by atoms with van der Waals surface area (Å²) in [5.74, 6) is -0.146. The highest BCUT2D eigenvalue weighted by atomic mass is 79.9. The molecule has 1 saturated heterocycles. The van der Waals surface area contributed by atoms with Gasteiger partial charge in [-0.15, -0.1) is 11.3 Å². The standard InChI is InChI=1S/C15H16BrN3O2S/c1-8-13(9-2-4-10(16)5-3-9)18-15(22-8)19-14(21)12-6-11(20)7-17-12/h2-5,11-12,17,20H,6-7H2,1H3,(H,18,19,21)/t11-,12-/m0/s1. The Hall–Kier alpha value is -1.28. The molecule has 0 saturated carbocycles. The fourth-order valence-corrected chi connectivity index (χ4v) is 3.54. The highest BCUT2D eigenvalue weighted by Crippen LogP contribution is 2.31. The Bertz CT molecular complexity index is 687. The number of halogens is 1. The molecule has 1 amide bonds. The molecule has 0 spiro atoms. The van der Waals surface area contributed by atoms with Crippen molar-refractivity contribution in [3.8, 4) is 11.3 Å². The van der Waals surface area contributed by atoms with Gasteiger partial charge < -0.3 is 15.7 Å². The Morgan fingerprint density at radius 1 is 1.45 bits per heavy atom. The van der Waals surface area contributed by atoms with Gasteiger partial charge in [-0.3, -0.25) is 4.79 Å². The van der Waals surface area contributed by atoms with Crippen LogP contribution in [0.2, 0.25) is 0 Å². The van der Waals surface area contributed by atoms with Crippen LogP contribution in [0, 0.1) is 6.92 Å². The van der Waals surface area contributed by atoms with Crippen molar-refractivity contribution in [1.82, 2.24) is 10.3 Å². The lowest BCUT2D eigenvalue weighted by molar-refractivity contribution is -0.117. The number of carbonyl (C=O) groups is 1. The number of hydrogen-bond donors (Lipinski definition) is 3. The molecule has 3 N–H and O–H groups in total. The third-order valence-corrected chi connectivity index (χ3v) is 4.98. The SMILES string of the molecule is Cc1sc(NC(=O)[C@@H]2C[C@H](O)CN2)nc1-c1ccc(Br)cc1. The molecule has 116 valence electrons. The minimum atomic E-state index is -0.452. The van der Waals surface area contributed by atoms with Gasteiger partial charge in [0.2, 0.25) is 5.91 Å². The molecule has 22 heavy (non-hydrogen) atoms. The van der Waals surface area contributed by atoms with Crippen LogP contribution in [0.25, 0.3) is 11.3 Å². The van der Waals surface area contributed by atoms with E-state index < -0.39 is 6.10 Å². The molecule has 3 rings (SSSR count). The van der Waals surface area contributed by atoms with Crippen molar-refractivity contribution >= 4 is 38.3 Å². The molecule has 1 fully saturated rings. The summed E-state index contributed by atoms with van der Waals surface area (Å²) in [7, 11) is 0. The van der Waals surface area contributed by atoms with Crippen molar-refractivity contribution in [2.45, 2.75) is 25.5 Å². The van der Waals surface area contributed by atoms with Gasteiger partial charge in [0.25, 0.3) is 0 Å². The number of anilines is 1. The third-order valence-electron chi connectivity index (χ3n) is 3.57. The van der Waals surface area contributed by atoms with Gasteiger partial charge in [-0.25, -0.2) is 4.98 Å². The van der Waals surface area contributed by atoms with Crippen molar-refractivity contribution in [3.63, 3.8) is 0 Å². The number of carbonyl (C=O) groups excluding carboxylic acids is 1. The van der Waals surface area contributed by atoms with Crippen molar-refractivity contribution < 1.29 is 9.90 Å². The molecular formula is C15H16BrN3O2S. The highest BCUT2D eigenvalue weighted by molar-refractivity contribution is 9.10. The number of benzene rings is 1. The van der Waals surface area contributed by atoms with Gasteiger partial charge in [0.15, 0.2) is 5.13 Å². The van der Waals surface area contributed by atoms with Crippen LogP contribution in [0.3, 0.4) is 0 Å². The zero-order valence-corrected chi connectivity index (χ0v) is 14.4. The molecule has 0 radical (unpaired) electrons. The number of hydrogen-bond acceptors (Lipinski definition) is 5. The molecule has 7 heteroatoms. The van der Waals surface area contributed by atoms with E-state index in [-0.39, 0.29) is 11.9 Å². The molecule has 0 unspecified atom stereocenters. The molecule has 0 aliphatic carbocycles. The number of thiazole rings is 1. The first-order valence-electron chi connectivity index (χ1n) is 6.98. The smallest absolute Gasteiger partial charge is 0.243 e. The van der Waals surface area contributed by atoms with Gasteiger partial charge in [0.1, 0.15) is 0 Å². The Kier molecular flexibility index (Phi) is 4.58. The first-order valence-corrected chi connectivity index (χ1v) is 8.59. The second-order valence-electron chi connectivity index (χ2n) is 5.27. The van der Waals surface area contributed by atoms with E-state index in [1.165, 1.54) is 11.3 Å². The van der Waals surface area contributed by atoms with E-state index in [2.05, 4.69) is 31.5 Å². The molecule has 1 aromatic heterocycles. The molecule has 2 atom stereocenters. The van der Waals surface area contributed by atoms with Gasteiger partial charge in [0, 0.05) is 21.5 Å². The summed E-state index contributed by atoms with van der Waals surface area (Å²) < 4.78 is 1.02. The van der Waals surface area contributed by atoms with E-state index in [4.69, 9.17) is 0 Å². The average molecular weight is 382 g/mol. The van der Waals surface area contributed by atoms with Gasteiger partial charge >= 0.3 is 0 Å². The maximum Gasteiger partial charge on any atom is 0.243 e. The van der Waals surface area contributed by atoms with Crippen LogP contribution >= 0.6 is 27.3 Å².